The predicted molar refractivity (Wildman–Crippen MR) is 50.2 cm³/mol. The molecule has 0 amide bonds. The first kappa shape index (κ1) is 8.72. The Bertz CT molecular complexity index is 381. The van der Waals surface area contributed by atoms with Crippen molar-refractivity contribution in [1.82, 2.24) is 0 Å². The Balaban J connectivity index is 2.35. The van der Waals surface area contributed by atoms with Crippen LogP contribution in [-0.4, -0.2) is 22.7 Å². The van der Waals surface area contributed by atoms with Crippen molar-refractivity contribution in [2.75, 3.05) is 13.2 Å². The lowest BCUT2D eigenvalue weighted by molar-refractivity contribution is 0.0427. The molecule has 0 saturated carbocycles. The zero-order chi connectivity index (χ0) is 9.31. The van der Waals surface area contributed by atoms with Crippen molar-refractivity contribution in [3.63, 3.8) is 0 Å². The van der Waals surface area contributed by atoms with Gasteiger partial charge in [-0.05, 0) is 12.1 Å². The standard InChI is InChI=1S/C9H11NO2S/c10-13(11,9-6-12-7-9)8-4-2-1-3-5-8/h1-5,9-10H,6-7H2. The summed E-state index contributed by atoms with van der Waals surface area (Å²) in [5, 5.41) is -0.116. The van der Waals surface area contributed by atoms with Crippen molar-refractivity contribution in [3.8, 4) is 0 Å². The maximum absolute atomic E-state index is 12.0. The molecule has 70 valence electrons. The normalized spacial score (nSPS) is 21.8. The number of ether oxygens (including phenoxy) is 1. The molecule has 0 aliphatic carbocycles. The van der Waals surface area contributed by atoms with Crippen LogP contribution in [0.1, 0.15) is 0 Å². The van der Waals surface area contributed by atoms with E-state index in [9.17, 15) is 4.21 Å². The Hall–Kier alpha value is -0.870. The van der Waals surface area contributed by atoms with Gasteiger partial charge in [-0.1, -0.05) is 18.2 Å². The summed E-state index contributed by atoms with van der Waals surface area (Å²) in [5.74, 6) is 0. The highest BCUT2D eigenvalue weighted by molar-refractivity contribution is 7.93. The first-order valence-electron chi connectivity index (χ1n) is 4.12. The van der Waals surface area contributed by atoms with Gasteiger partial charge in [0, 0.05) is 4.90 Å². The van der Waals surface area contributed by atoms with Gasteiger partial charge in [-0.3, -0.25) is 0 Å². The SMILES string of the molecule is N=S(=O)(c1ccccc1)C1COC1. The van der Waals surface area contributed by atoms with Crippen LogP contribution in [0.5, 0.6) is 0 Å². The van der Waals surface area contributed by atoms with E-state index in [0.29, 0.717) is 18.1 Å². The molecule has 1 saturated heterocycles. The summed E-state index contributed by atoms with van der Waals surface area (Å²) in [6.45, 7) is 0.911. The lowest BCUT2D eigenvalue weighted by Crippen LogP contribution is -2.39. The van der Waals surface area contributed by atoms with E-state index in [0.717, 1.165) is 0 Å². The fourth-order valence-corrected chi connectivity index (χ4v) is 2.74. The maximum atomic E-state index is 12.0. The van der Waals surface area contributed by atoms with Gasteiger partial charge in [-0.25, -0.2) is 8.99 Å². The van der Waals surface area contributed by atoms with Gasteiger partial charge in [0.05, 0.1) is 28.2 Å². The van der Waals surface area contributed by atoms with Crippen LogP contribution in [0.15, 0.2) is 35.2 Å². The van der Waals surface area contributed by atoms with E-state index in [-0.39, 0.29) is 5.25 Å². The van der Waals surface area contributed by atoms with E-state index in [1.54, 1.807) is 12.1 Å². The minimum Gasteiger partial charge on any atom is -0.379 e. The molecule has 2 rings (SSSR count). The van der Waals surface area contributed by atoms with Crippen LogP contribution >= 0.6 is 0 Å². The molecule has 4 heteroatoms. The molecule has 1 aliphatic heterocycles. The maximum Gasteiger partial charge on any atom is 0.0939 e. The first-order chi connectivity index (χ1) is 6.21. The zero-order valence-electron chi connectivity index (χ0n) is 7.10. The largest absolute Gasteiger partial charge is 0.379 e. The average molecular weight is 197 g/mol. The number of rotatable bonds is 2. The molecule has 1 aliphatic rings. The van der Waals surface area contributed by atoms with Crippen LogP contribution in [0.2, 0.25) is 0 Å². The Morgan fingerprint density at radius 2 is 1.92 bits per heavy atom. The number of nitrogens with one attached hydrogen (secondary N) is 1. The van der Waals surface area contributed by atoms with E-state index < -0.39 is 9.73 Å². The molecule has 3 nitrogen and oxygen atoms in total. The molecule has 0 aromatic heterocycles. The van der Waals surface area contributed by atoms with Gasteiger partial charge in [0.15, 0.2) is 0 Å². The number of benzene rings is 1. The molecule has 13 heavy (non-hydrogen) atoms. The van der Waals surface area contributed by atoms with E-state index >= 15 is 0 Å². The third kappa shape index (κ3) is 1.47. The third-order valence-electron chi connectivity index (χ3n) is 2.17. The monoisotopic (exact) mass is 197 g/mol. The minimum atomic E-state index is -2.63. The highest BCUT2D eigenvalue weighted by atomic mass is 32.2. The fourth-order valence-electron chi connectivity index (χ4n) is 1.22. The molecular formula is C9H11NO2S. The molecular weight excluding hydrogens is 186 g/mol. The first-order valence-corrected chi connectivity index (χ1v) is 5.74. The third-order valence-corrected chi connectivity index (χ3v) is 4.35. The highest BCUT2D eigenvalue weighted by Crippen LogP contribution is 2.21. The van der Waals surface area contributed by atoms with Crippen LogP contribution in [0, 0.1) is 4.78 Å². The summed E-state index contributed by atoms with van der Waals surface area (Å²) < 4.78 is 24.7. The molecule has 0 radical (unpaired) electrons. The van der Waals surface area contributed by atoms with Gasteiger partial charge < -0.3 is 4.74 Å². The smallest absolute Gasteiger partial charge is 0.0939 e. The molecule has 1 heterocycles. The van der Waals surface area contributed by atoms with E-state index in [4.69, 9.17) is 9.52 Å². The second kappa shape index (κ2) is 3.12. The summed E-state index contributed by atoms with van der Waals surface area (Å²) in [6.07, 6.45) is 0. The Labute approximate surface area is 77.7 Å². The highest BCUT2D eigenvalue weighted by Gasteiger charge is 2.30. The minimum absolute atomic E-state index is 0.116. The summed E-state index contributed by atoms with van der Waals surface area (Å²) in [4.78, 5) is 0.614. The molecule has 0 spiro atoms. The fraction of sp³-hybridized carbons (Fsp3) is 0.333. The van der Waals surface area contributed by atoms with E-state index in [1.165, 1.54) is 0 Å². The molecule has 1 atom stereocenters. The van der Waals surface area contributed by atoms with Gasteiger partial charge in [-0.15, -0.1) is 0 Å². The van der Waals surface area contributed by atoms with Crippen molar-refractivity contribution < 1.29 is 8.95 Å². The van der Waals surface area contributed by atoms with Gasteiger partial charge in [0.25, 0.3) is 0 Å². The summed E-state index contributed by atoms with van der Waals surface area (Å²) in [6, 6.07) is 8.96. The molecule has 0 bridgehead atoms. The summed E-state index contributed by atoms with van der Waals surface area (Å²) >= 11 is 0. The quantitative estimate of drug-likeness (QED) is 0.781. The summed E-state index contributed by atoms with van der Waals surface area (Å²) in [5.41, 5.74) is 0. The number of hydrogen-bond acceptors (Lipinski definition) is 3. The van der Waals surface area contributed by atoms with E-state index in [1.807, 2.05) is 18.2 Å². The van der Waals surface area contributed by atoms with E-state index in [2.05, 4.69) is 0 Å². The second-order valence-electron chi connectivity index (χ2n) is 3.07. The van der Waals surface area contributed by atoms with Crippen molar-refractivity contribution >= 4 is 9.73 Å². The lowest BCUT2D eigenvalue weighted by atomic mass is 10.4. The van der Waals surface area contributed by atoms with Crippen LogP contribution < -0.4 is 0 Å². The van der Waals surface area contributed by atoms with Crippen LogP contribution in [-0.2, 0) is 14.5 Å². The molecule has 1 N–H and O–H groups in total. The van der Waals surface area contributed by atoms with Crippen LogP contribution in [0.4, 0.5) is 0 Å². The Kier molecular flexibility index (Phi) is 2.09. The topological polar surface area (TPSA) is 50.2 Å². The van der Waals surface area contributed by atoms with Crippen LogP contribution in [0.25, 0.3) is 0 Å². The van der Waals surface area contributed by atoms with Crippen molar-refractivity contribution in [1.29, 1.82) is 4.78 Å². The van der Waals surface area contributed by atoms with Crippen molar-refractivity contribution in [2.24, 2.45) is 0 Å². The molecule has 1 fully saturated rings. The molecule has 1 aromatic rings. The predicted octanol–water partition coefficient (Wildman–Crippen LogP) is 1.49. The van der Waals surface area contributed by atoms with Gasteiger partial charge in [0.1, 0.15) is 0 Å². The zero-order valence-corrected chi connectivity index (χ0v) is 7.92. The van der Waals surface area contributed by atoms with Crippen molar-refractivity contribution in [3.05, 3.63) is 30.3 Å². The van der Waals surface area contributed by atoms with Crippen LogP contribution in [0.3, 0.4) is 0 Å². The Morgan fingerprint density at radius 3 is 2.38 bits per heavy atom. The summed E-state index contributed by atoms with van der Waals surface area (Å²) in [7, 11) is -2.63. The molecule has 1 unspecified atom stereocenters. The van der Waals surface area contributed by atoms with Gasteiger partial charge in [-0.2, -0.15) is 0 Å². The lowest BCUT2D eigenvalue weighted by Gasteiger charge is -2.27. The van der Waals surface area contributed by atoms with Gasteiger partial charge >= 0.3 is 0 Å². The second-order valence-corrected chi connectivity index (χ2v) is 5.41. The Morgan fingerprint density at radius 1 is 1.31 bits per heavy atom. The molecule has 1 aromatic carbocycles. The number of hydrogen-bond donors (Lipinski definition) is 1. The van der Waals surface area contributed by atoms with Crippen molar-refractivity contribution in [2.45, 2.75) is 10.1 Å². The average Bonchev–Trinajstić information content (AvgIpc) is 2.02. The van der Waals surface area contributed by atoms with Gasteiger partial charge in [0.2, 0.25) is 0 Å².